The van der Waals surface area contributed by atoms with Crippen LogP contribution in [-0.2, 0) is 9.53 Å². The van der Waals surface area contributed by atoms with Crippen molar-refractivity contribution in [1.82, 2.24) is 10.2 Å². The summed E-state index contributed by atoms with van der Waals surface area (Å²) in [6, 6.07) is -0.226. The van der Waals surface area contributed by atoms with Crippen molar-refractivity contribution in [2.75, 3.05) is 19.8 Å². The Labute approximate surface area is 125 Å². The molecular formula is C15H26N2O4. The van der Waals surface area contributed by atoms with Crippen molar-refractivity contribution < 1.29 is 19.4 Å². The monoisotopic (exact) mass is 298 g/mol. The quantitative estimate of drug-likeness (QED) is 0.750. The predicted octanol–water partition coefficient (Wildman–Crippen LogP) is 1.70. The number of ether oxygens (including phenoxy) is 1. The van der Waals surface area contributed by atoms with Crippen LogP contribution in [-0.4, -0.2) is 53.8 Å². The average Bonchev–Trinajstić information content (AvgIpc) is 2.99. The van der Waals surface area contributed by atoms with Gasteiger partial charge >= 0.3 is 12.0 Å². The summed E-state index contributed by atoms with van der Waals surface area (Å²) < 4.78 is 5.29. The molecule has 4 unspecified atom stereocenters. The molecule has 1 saturated carbocycles. The summed E-state index contributed by atoms with van der Waals surface area (Å²) in [6.45, 7) is 5.20. The van der Waals surface area contributed by atoms with E-state index in [1.807, 2.05) is 6.92 Å². The van der Waals surface area contributed by atoms with Gasteiger partial charge in [-0.1, -0.05) is 20.3 Å². The molecule has 0 bridgehead atoms. The first-order valence-corrected chi connectivity index (χ1v) is 7.96. The number of carboxylic acids is 1. The van der Waals surface area contributed by atoms with Crippen molar-refractivity contribution in [3.63, 3.8) is 0 Å². The maximum Gasteiger partial charge on any atom is 0.317 e. The van der Waals surface area contributed by atoms with Crippen LogP contribution in [0.15, 0.2) is 0 Å². The number of carbonyl (C=O) groups is 2. The molecule has 1 aliphatic carbocycles. The smallest absolute Gasteiger partial charge is 0.317 e. The third kappa shape index (κ3) is 3.87. The van der Waals surface area contributed by atoms with E-state index in [9.17, 15) is 14.7 Å². The average molecular weight is 298 g/mol. The summed E-state index contributed by atoms with van der Waals surface area (Å²) in [5.41, 5.74) is 0. The van der Waals surface area contributed by atoms with Crippen LogP contribution in [0.1, 0.15) is 39.5 Å². The zero-order valence-electron chi connectivity index (χ0n) is 12.9. The molecule has 1 aliphatic heterocycles. The van der Waals surface area contributed by atoms with Gasteiger partial charge in [0.05, 0.1) is 19.3 Å². The summed E-state index contributed by atoms with van der Waals surface area (Å²) in [6.07, 6.45) is 4.12. The topological polar surface area (TPSA) is 78.9 Å². The Bertz CT molecular complexity index is 388. The van der Waals surface area contributed by atoms with E-state index in [0.717, 1.165) is 25.7 Å². The lowest BCUT2D eigenvalue weighted by Gasteiger charge is -2.30. The minimum atomic E-state index is -0.887. The van der Waals surface area contributed by atoms with Gasteiger partial charge in [-0.2, -0.15) is 0 Å². The SMILES string of the molecule is CCCC1CC1NC(=O)N(CCC)C1COCC1C(=O)O. The number of amides is 2. The molecule has 1 saturated heterocycles. The fourth-order valence-electron chi connectivity index (χ4n) is 3.10. The Morgan fingerprint density at radius 2 is 2.05 bits per heavy atom. The number of rotatable bonds is 7. The van der Waals surface area contributed by atoms with Crippen LogP contribution in [0.3, 0.4) is 0 Å². The molecule has 0 aromatic rings. The highest BCUT2D eigenvalue weighted by Crippen LogP contribution is 2.34. The van der Waals surface area contributed by atoms with Gasteiger partial charge in [0, 0.05) is 12.6 Å². The maximum atomic E-state index is 12.5. The van der Waals surface area contributed by atoms with Crippen LogP contribution in [0, 0.1) is 11.8 Å². The van der Waals surface area contributed by atoms with Crippen LogP contribution in [0.5, 0.6) is 0 Å². The van der Waals surface area contributed by atoms with Gasteiger partial charge in [0.1, 0.15) is 5.92 Å². The molecule has 0 radical (unpaired) electrons. The third-order valence-corrected chi connectivity index (χ3v) is 4.38. The van der Waals surface area contributed by atoms with Gasteiger partial charge in [0.15, 0.2) is 0 Å². The number of carbonyl (C=O) groups excluding carboxylic acids is 1. The molecule has 4 atom stereocenters. The van der Waals surface area contributed by atoms with Crippen molar-refractivity contribution in [3.05, 3.63) is 0 Å². The van der Waals surface area contributed by atoms with Crippen molar-refractivity contribution in [3.8, 4) is 0 Å². The normalized spacial score (nSPS) is 31.0. The van der Waals surface area contributed by atoms with E-state index in [0.29, 0.717) is 19.1 Å². The lowest BCUT2D eigenvalue weighted by Crippen LogP contribution is -2.51. The van der Waals surface area contributed by atoms with Crippen LogP contribution in [0.25, 0.3) is 0 Å². The molecule has 6 nitrogen and oxygen atoms in total. The zero-order chi connectivity index (χ0) is 15.4. The lowest BCUT2D eigenvalue weighted by molar-refractivity contribution is -0.142. The van der Waals surface area contributed by atoms with Crippen LogP contribution in [0.4, 0.5) is 4.79 Å². The molecule has 0 spiro atoms. The summed E-state index contributed by atoms with van der Waals surface area (Å²) in [5.74, 6) is -0.910. The predicted molar refractivity (Wildman–Crippen MR) is 78.1 cm³/mol. The minimum Gasteiger partial charge on any atom is -0.481 e. The number of hydrogen-bond acceptors (Lipinski definition) is 3. The van der Waals surface area contributed by atoms with Gasteiger partial charge in [-0.3, -0.25) is 4.79 Å². The van der Waals surface area contributed by atoms with E-state index >= 15 is 0 Å². The van der Waals surface area contributed by atoms with Crippen molar-refractivity contribution in [2.24, 2.45) is 11.8 Å². The minimum absolute atomic E-state index is 0.137. The molecule has 120 valence electrons. The summed E-state index contributed by atoms with van der Waals surface area (Å²) in [5, 5.41) is 12.3. The Morgan fingerprint density at radius 3 is 2.67 bits per heavy atom. The van der Waals surface area contributed by atoms with Gasteiger partial charge in [-0.05, 0) is 25.2 Å². The second-order valence-electron chi connectivity index (χ2n) is 6.08. The largest absolute Gasteiger partial charge is 0.481 e. The summed E-state index contributed by atoms with van der Waals surface area (Å²) in [7, 11) is 0. The van der Waals surface area contributed by atoms with E-state index in [2.05, 4.69) is 12.2 Å². The molecule has 2 N–H and O–H groups in total. The highest BCUT2D eigenvalue weighted by molar-refractivity contribution is 5.77. The van der Waals surface area contributed by atoms with E-state index in [1.54, 1.807) is 4.90 Å². The van der Waals surface area contributed by atoms with Gasteiger partial charge in [-0.25, -0.2) is 4.79 Å². The van der Waals surface area contributed by atoms with E-state index < -0.39 is 11.9 Å². The van der Waals surface area contributed by atoms with Crippen molar-refractivity contribution in [2.45, 2.75) is 51.6 Å². The van der Waals surface area contributed by atoms with Gasteiger partial charge < -0.3 is 20.1 Å². The summed E-state index contributed by atoms with van der Waals surface area (Å²) >= 11 is 0. The van der Waals surface area contributed by atoms with E-state index in [-0.39, 0.29) is 24.7 Å². The zero-order valence-corrected chi connectivity index (χ0v) is 12.9. The van der Waals surface area contributed by atoms with Crippen molar-refractivity contribution >= 4 is 12.0 Å². The molecule has 2 amide bonds. The number of urea groups is 1. The molecular weight excluding hydrogens is 272 g/mol. The maximum absolute atomic E-state index is 12.5. The lowest BCUT2D eigenvalue weighted by atomic mass is 10.0. The Hall–Kier alpha value is -1.30. The van der Waals surface area contributed by atoms with Gasteiger partial charge in [-0.15, -0.1) is 0 Å². The number of nitrogens with one attached hydrogen (secondary N) is 1. The fraction of sp³-hybridized carbons (Fsp3) is 0.867. The molecule has 6 heteroatoms. The first-order valence-electron chi connectivity index (χ1n) is 7.96. The molecule has 1 heterocycles. The van der Waals surface area contributed by atoms with Crippen LogP contribution < -0.4 is 5.32 Å². The first-order chi connectivity index (χ1) is 10.1. The molecule has 2 rings (SSSR count). The van der Waals surface area contributed by atoms with Crippen LogP contribution in [0.2, 0.25) is 0 Å². The highest BCUT2D eigenvalue weighted by atomic mass is 16.5. The number of nitrogens with zero attached hydrogens (tertiary/aromatic N) is 1. The number of carboxylic acid groups (broad SMARTS) is 1. The second-order valence-corrected chi connectivity index (χ2v) is 6.08. The van der Waals surface area contributed by atoms with Crippen LogP contribution >= 0.6 is 0 Å². The Kier molecular flexibility index (Phi) is 5.45. The first kappa shape index (κ1) is 16.1. The number of hydrogen-bond donors (Lipinski definition) is 2. The summed E-state index contributed by atoms with van der Waals surface area (Å²) in [4.78, 5) is 25.4. The van der Waals surface area contributed by atoms with Gasteiger partial charge in [0.2, 0.25) is 0 Å². The molecule has 21 heavy (non-hydrogen) atoms. The third-order valence-electron chi connectivity index (χ3n) is 4.38. The molecule has 2 fully saturated rings. The Balaban J connectivity index is 1.94. The molecule has 0 aromatic heterocycles. The van der Waals surface area contributed by atoms with Crippen molar-refractivity contribution in [1.29, 1.82) is 0 Å². The highest BCUT2D eigenvalue weighted by Gasteiger charge is 2.42. The fourth-order valence-corrected chi connectivity index (χ4v) is 3.10. The standard InChI is InChI=1S/C15H26N2O4/c1-3-5-10-7-12(10)16-15(20)17(6-4-2)13-9-21-8-11(13)14(18)19/h10-13H,3-9H2,1-2H3,(H,16,20)(H,18,19). The van der Waals surface area contributed by atoms with E-state index in [4.69, 9.17) is 4.74 Å². The van der Waals surface area contributed by atoms with Gasteiger partial charge in [0.25, 0.3) is 0 Å². The molecule has 0 aromatic carbocycles. The Morgan fingerprint density at radius 1 is 1.29 bits per heavy atom. The van der Waals surface area contributed by atoms with E-state index in [1.165, 1.54) is 0 Å². The number of aliphatic carboxylic acids is 1. The second kappa shape index (κ2) is 7.11. The molecule has 2 aliphatic rings.